The maximum atomic E-state index is 12.3. The fourth-order valence-corrected chi connectivity index (χ4v) is 6.65. The van der Waals surface area contributed by atoms with E-state index in [2.05, 4.69) is 13.8 Å². The molecule has 1 heterocycles. The Morgan fingerprint density at radius 1 is 1.13 bits per heavy atom. The van der Waals surface area contributed by atoms with Gasteiger partial charge in [-0.1, -0.05) is 19.4 Å². The minimum absolute atomic E-state index is 0.0972. The molecule has 6 atom stereocenters. The van der Waals surface area contributed by atoms with E-state index >= 15 is 0 Å². The molecular formula is C20H31NO2. The Morgan fingerprint density at radius 3 is 2.70 bits per heavy atom. The molecule has 0 spiro atoms. The van der Waals surface area contributed by atoms with Crippen molar-refractivity contribution in [2.45, 2.75) is 64.9 Å². The van der Waals surface area contributed by atoms with Gasteiger partial charge in [0.2, 0.25) is 5.91 Å². The third-order valence-electron chi connectivity index (χ3n) is 8.33. The number of carbonyl (C=O) groups excluding carboxylic acids is 1. The molecule has 1 aliphatic heterocycles. The topological polar surface area (TPSA) is 40.5 Å². The molecule has 3 aliphatic carbocycles. The molecule has 1 N–H and O–H groups in total. The largest absolute Gasteiger partial charge is 0.393 e. The smallest absolute Gasteiger partial charge is 0.246 e. The Kier molecular flexibility index (Phi) is 3.46. The van der Waals surface area contributed by atoms with Crippen molar-refractivity contribution in [1.29, 1.82) is 0 Å². The second kappa shape index (κ2) is 5.08. The number of rotatable bonds is 0. The van der Waals surface area contributed by atoms with E-state index in [1.165, 1.54) is 24.8 Å². The molecule has 1 amide bonds. The molecule has 4 aliphatic rings. The second-order valence-corrected chi connectivity index (χ2v) is 9.15. The lowest BCUT2D eigenvalue weighted by Crippen LogP contribution is -2.50. The number of aliphatic hydroxyl groups is 1. The van der Waals surface area contributed by atoms with Gasteiger partial charge in [0.25, 0.3) is 0 Å². The zero-order valence-corrected chi connectivity index (χ0v) is 14.8. The van der Waals surface area contributed by atoms with Gasteiger partial charge in [-0.2, -0.15) is 0 Å². The summed E-state index contributed by atoms with van der Waals surface area (Å²) in [7, 11) is 1.93. The first kappa shape index (κ1) is 15.7. The average molecular weight is 317 g/mol. The minimum atomic E-state index is -0.0972. The summed E-state index contributed by atoms with van der Waals surface area (Å²) < 4.78 is 0. The van der Waals surface area contributed by atoms with Crippen LogP contribution in [-0.4, -0.2) is 35.6 Å². The van der Waals surface area contributed by atoms with Gasteiger partial charge < -0.3 is 10.0 Å². The van der Waals surface area contributed by atoms with Gasteiger partial charge in [-0.05, 0) is 73.5 Å². The van der Waals surface area contributed by atoms with Crippen molar-refractivity contribution in [2.24, 2.45) is 28.6 Å². The summed E-state index contributed by atoms with van der Waals surface area (Å²) in [5, 5.41) is 10.5. The van der Waals surface area contributed by atoms with Crippen LogP contribution in [0.2, 0.25) is 0 Å². The number of aliphatic hydroxyl groups excluding tert-OH is 1. The van der Waals surface area contributed by atoms with E-state index in [1.54, 1.807) is 0 Å². The van der Waals surface area contributed by atoms with Crippen molar-refractivity contribution in [1.82, 2.24) is 4.90 Å². The highest BCUT2D eigenvalue weighted by Gasteiger charge is 2.58. The van der Waals surface area contributed by atoms with Crippen LogP contribution < -0.4 is 0 Å². The van der Waals surface area contributed by atoms with Gasteiger partial charge in [-0.15, -0.1) is 0 Å². The summed E-state index contributed by atoms with van der Waals surface area (Å²) in [6.45, 7) is 5.64. The van der Waals surface area contributed by atoms with Gasteiger partial charge in [-0.25, -0.2) is 0 Å². The van der Waals surface area contributed by atoms with Crippen molar-refractivity contribution in [3.63, 3.8) is 0 Å². The Bertz CT molecular complexity index is 556. The molecular weight excluding hydrogens is 286 g/mol. The lowest BCUT2D eigenvalue weighted by molar-refractivity contribution is -0.124. The zero-order valence-electron chi connectivity index (χ0n) is 14.8. The Balaban J connectivity index is 1.68. The predicted octanol–water partition coefficient (Wildman–Crippen LogP) is 3.38. The summed E-state index contributed by atoms with van der Waals surface area (Å²) in [5.41, 5.74) is 1.75. The summed E-state index contributed by atoms with van der Waals surface area (Å²) in [6.07, 6.45) is 9.84. The number of likely N-dealkylation sites (N-methyl/N-ethyl adjacent to an activating group) is 1. The first-order valence-electron chi connectivity index (χ1n) is 9.50. The monoisotopic (exact) mass is 317 g/mol. The SMILES string of the molecule is CN1CCC2(C)C(=CC1=O)CCC1C2CCC2(C)C(O)CCC12. The van der Waals surface area contributed by atoms with Crippen LogP contribution in [0.3, 0.4) is 0 Å². The molecule has 0 saturated heterocycles. The molecule has 3 saturated carbocycles. The third kappa shape index (κ3) is 2.08. The van der Waals surface area contributed by atoms with Crippen LogP contribution >= 0.6 is 0 Å². The highest BCUT2D eigenvalue weighted by atomic mass is 16.3. The van der Waals surface area contributed by atoms with Gasteiger partial charge in [0.05, 0.1) is 6.10 Å². The van der Waals surface area contributed by atoms with Crippen molar-refractivity contribution < 1.29 is 9.90 Å². The molecule has 0 aromatic rings. The molecule has 0 radical (unpaired) electrons. The van der Waals surface area contributed by atoms with E-state index < -0.39 is 0 Å². The zero-order chi connectivity index (χ0) is 16.4. The molecule has 3 nitrogen and oxygen atoms in total. The van der Waals surface area contributed by atoms with Gasteiger partial charge >= 0.3 is 0 Å². The number of fused-ring (bicyclic) bond motifs is 5. The van der Waals surface area contributed by atoms with Gasteiger partial charge in [-0.3, -0.25) is 4.79 Å². The number of nitrogens with zero attached hydrogens (tertiary/aromatic N) is 1. The Hall–Kier alpha value is -0.830. The number of carbonyl (C=O) groups is 1. The van der Waals surface area contributed by atoms with Crippen molar-refractivity contribution in [2.75, 3.05) is 13.6 Å². The molecule has 4 rings (SSSR count). The van der Waals surface area contributed by atoms with Crippen LogP contribution in [-0.2, 0) is 4.79 Å². The molecule has 128 valence electrons. The predicted molar refractivity (Wildman–Crippen MR) is 90.7 cm³/mol. The molecule has 23 heavy (non-hydrogen) atoms. The van der Waals surface area contributed by atoms with Gasteiger partial charge in [0.1, 0.15) is 0 Å². The molecule has 0 bridgehead atoms. The standard InChI is InChI=1S/C20H31NO2/c1-19-10-11-21(3)18(23)12-13(19)4-5-14-15-6-7-17(22)20(15,2)9-8-16(14)19/h12,14-17,22H,4-11H2,1-3H3. The maximum Gasteiger partial charge on any atom is 0.246 e. The van der Waals surface area contributed by atoms with Crippen LogP contribution in [0.1, 0.15) is 58.8 Å². The van der Waals surface area contributed by atoms with Crippen molar-refractivity contribution >= 4 is 5.91 Å². The maximum absolute atomic E-state index is 12.3. The van der Waals surface area contributed by atoms with Gasteiger partial charge in [0, 0.05) is 19.7 Å². The molecule has 6 unspecified atom stereocenters. The lowest BCUT2D eigenvalue weighted by Gasteiger charge is -2.56. The van der Waals surface area contributed by atoms with Crippen LogP contribution in [0.4, 0.5) is 0 Å². The van der Waals surface area contributed by atoms with E-state index in [9.17, 15) is 9.90 Å². The fraction of sp³-hybridized carbons (Fsp3) is 0.850. The Labute approximate surface area is 140 Å². The summed E-state index contributed by atoms with van der Waals surface area (Å²) in [5.74, 6) is 2.32. The molecule has 0 aromatic heterocycles. The first-order chi connectivity index (χ1) is 10.9. The number of hydrogen-bond acceptors (Lipinski definition) is 2. The fourth-order valence-electron chi connectivity index (χ4n) is 6.65. The average Bonchev–Trinajstić information content (AvgIpc) is 2.77. The van der Waals surface area contributed by atoms with Crippen molar-refractivity contribution in [3.8, 4) is 0 Å². The first-order valence-corrected chi connectivity index (χ1v) is 9.50. The lowest BCUT2D eigenvalue weighted by atomic mass is 9.48. The molecule has 0 aromatic carbocycles. The molecule has 3 fully saturated rings. The summed E-state index contributed by atoms with van der Waals surface area (Å²) in [4.78, 5) is 14.2. The quantitative estimate of drug-likeness (QED) is 0.744. The van der Waals surface area contributed by atoms with E-state index in [0.717, 1.165) is 38.1 Å². The third-order valence-corrected chi connectivity index (χ3v) is 8.33. The normalized spacial score (nSPS) is 49.8. The number of amides is 1. The highest BCUT2D eigenvalue weighted by molar-refractivity contribution is 5.88. The second-order valence-electron chi connectivity index (χ2n) is 9.15. The van der Waals surface area contributed by atoms with Crippen LogP contribution in [0.5, 0.6) is 0 Å². The van der Waals surface area contributed by atoms with E-state index in [4.69, 9.17) is 0 Å². The molecule has 3 heteroatoms. The van der Waals surface area contributed by atoms with Crippen LogP contribution in [0.15, 0.2) is 11.6 Å². The number of allylic oxidation sites excluding steroid dienone is 1. The van der Waals surface area contributed by atoms with E-state index in [1.807, 2.05) is 18.0 Å². The van der Waals surface area contributed by atoms with Crippen LogP contribution in [0, 0.1) is 28.6 Å². The summed E-state index contributed by atoms with van der Waals surface area (Å²) >= 11 is 0. The van der Waals surface area contributed by atoms with Crippen molar-refractivity contribution in [3.05, 3.63) is 11.6 Å². The van der Waals surface area contributed by atoms with Gasteiger partial charge in [0.15, 0.2) is 0 Å². The van der Waals surface area contributed by atoms with E-state index in [-0.39, 0.29) is 22.8 Å². The van der Waals surface area contributed by atoms with Crippen LogP contribution in [0.25, 0.3) is 0 Å². The highest BCUT2D eigenvalue weighted by Crippen LogP contribution is 2.64. The number of hydrogen-bond donors (Lipinski definition) is 1. The van der Waals surface area contributed by atoms with E-state index in [0.29, 0.717) is 11.8 Å². The minimum Gasteiger partial charge on any atom is -0.393 e. The summed E-state index contributed by atoms with van der Waals surface area (Å²) in [6, 6.07) is 0. The Morgan fingerprint density at radius 2 is 1.91 bits per heavy atom.